The van der Waals surface area contributed by atoms with Crippen LogP contribution in [0.25, 0.3) is 0 Å². The minimum atomic E-state index is -0.196. The number of piperazine rings is 1. The van der Waals surface area contributed by atoms with Gasteiger partial charge in [-0.15, -0.1) is 0 Å². The molecule has 1 aromatic heterocycles. The van der Waals surface area contributed by atoms with Gasteiger partial charge in [0.25, 0.3) is 5.91 Å². The highest BCUT2D eigenvalue weighted by atomic mass is 19.1. The van der Waals surface area contributed by atoms with E-state index in [9.17, 15) is 9.18 Å². The standard InChI is InChI=1S/C20H26FN5O/c1-15(2)7-8-22-20(27)17-13-24-19(14-23-17)26-11-9-25(10-12-26)18-6-4-3-5-16(18)21/h3-6,13-15H,7-12H2,1-2H3,(H,22,27). The zero-order valence-corrected chi connectivity index (χ0v) is 15.9. The van der Waals surface area contributed by atoms with Crippen LogP contribution in [0.5, 0.6) is 0 Å². The maximum atomic E-state index is 13.9. The van der Waals surface area contributed by atoms with Crippen LogP contribution in [0.4, 0.5) is 15.9 Å². The molecule has 0 atom stereocenters. The van der Waals surface area contributed by atoms with Crippen molar-refractivity contribution in [3.8, 4) is 0 Å². The predicted molar refractivity (Wildman–Crippen MR) is 105 cm³/mol. The van der Waals surface area contributed by atoms with Gasteiger partial charge in [0.05, 0.1) is 18.1 Å². The number of carbonyl (C=O) groups excluding carboxylic acids is 1. The summed E-state index contributed by atoms with van der Waals surface area (Å²) in [4.78, 5) is 24.9. The van der Waals surface area contributed by atoms with Gasteiger partial charge in [0.1, 0.15) is 17.3 Å². The van der Waals surface area contributed by atoms with Crippen LogP contribution < -0.4 is 15.1 Å². The molecule has 0 saturated carbocycles. The van der Waals surface area contributed by atoms with Gasteiger partial charge in [-0.2, -0.15) is 0 Å². The summed E-state index contributed by atoms with van der Waals surface area (Å²) >= 11 is 0. The van der Waals surface area contributed by atoms with Gasteiger partial charge in [-0.3, -0.25) is 4.79 Å². The van der Waals surface area contributed by atoms with E-state index < -0.39 is 0 Å². The average Bonchev–Trinajstić information content (AvgIpc) is 2.68. The van der Waals surface area contributed by atoms with E-state index in [-0.39, 0.29) is 11.7 Å². The topological polar surface area (TPSA) is 61.4 Å². The molecule has 1 aromatic carbocycles. The average molecular weight is 371 g/mol. The van der Waals surface area contributed by atoms with Crippen LogP contribution in [0, 0.1) is 11.7 Å². The van der Waals surface area contributed by atoms with Crippen molar-refractivity contribution in [3.63, 3.8) is 0 Å². The van der Waals surface area contributed by atoms with E-state index in [2.05, 4.69) is 34.0 Å². The fraction of sp³-hybridized carbons (Fsp3) is 0.450. The Labute approximate surface area is 159 Å². The predicted octanol–water partition coefficient (Wildman–Crippen LogP) is 2.72. The summed E-state index contributed by atoms with van der Waals surface area (Å²) in [6, 6.07) is 6.84. The molecule has 1 aliphatic heterocycles. The fourth-order valence-corrected chi connectivity index (χ4v) is 3.05. The van der Waals surface area contributed by atoms with E-state index >= 15 is 0 Å². The van der Waals surface area contributed by atoms with Crippen LogP contribution in [-0.2, 0) is 0 Å². The number of benzene rings is 1. The van der Waals surface area contributed by atoms with E-state index in [1.54, 1.807) is 18.3 Å². The molecule has 3 rings (SSSR count). The first-order valence-electron chi connectivity index (χ1n) is 9.39. The third-order valence-electron chi connectivity index (χ3n) is 4.67. The number of aromatic nitrogens is 2. The normalized spacial score (nSPS) is 14.5. The first kappa shape index (κ1) is 19.1. The smallest absolute Gasteiger partial charge is 0.271 e. The molecule has 1 aliphatic rings. The number of nitrogens with zero attached hydrogens (tertiary/aromatic N) is 4. The van der Waals surface area contributed by atoms with Crippen molar-refractivity contribution >= 4 is 17.4 Å². The second kappa shape index (κ2) is 8.79. The van der Waals surface area contributed by atoms with E-state index in [0.717, 1.165) is 25.3 Å². The molecule has 0 unspecified atom stereocenters. The fourth-order valence-electron chi connectivity index (χ4n) is 3.05. The molecule has 1 fully saturated rings. The number of hydrogen-bond donors (Lipinski definition) is 1. The molecule has 144 valence electrons. The summed E-state index contributed by atoms with van der Waals surface area (Å²) in [6.07, 6.45) is 4.09. The summed E-state index contributed by atoms with van der Waals surface area (Å²) in [5.41, 5.74) is 0.962. The van der Waals surface area contributed by atoms with Gasteiger partial charge >= 0.3 is 0 Å². The molecule has 2 aromatic rings. The summed E-state index contributed by atoms with van der Waals surface area (Å²) < 4.78 is 13.9. The van der Waals surface area contributed by atoms with E-state index in [1.807, 2.05) is 11.0 Å². The van der Waals surface area contributed by atoms with Crippen LogP contribution in [0.3, 0.4) is 0 Å². The van der Waals surface area contributed by atoms with E-state index in [0.29, 0.717) is 36.9 Å². The van der Waals surface area contributed by atoms with Crippen molar-refractivity contribution in [2.45, 2.75) is 20.3 Å². The molecule has 1 N–H and O–H groups in total. The van der Waals surface area contributed by atoms with E-state index in [4.69, 9.17) is 0 Å². The molecular weight excluding hydrogens is 345 g/mol. The minimum Gasteiger partial charge on any atom is -0.366 e. The maximum Gasteiger partial charge on any atom is 0.271 e. The first-order valence-corrected chi connectivity index (χ1v) is 9.39. The summed E-state index contributed by atoms with van der Waals surface area (Å²) in [7, 11) is 0. The molecule has 0 bridgehead atoms. The van der Waals surface area contributed by atoms with Gasteiger partial charge in [-0.25, -0.2) is 14.4 Å². The summed E-state index contributed by atoms with van der Waals surface area (Å²) in [5, 5.41) is 2.86. The number of amides is 1. The number of para-hydroxylation sites is 1. The van der Waals surface area contributed by atoms with E-state index in [1.165, 1.54) is 12.3 Å². The highest BCUT2D eigenvalue weighted by Crippen LogP contribution is 2.21. The lowest BCUT2D eigenvalue weighted by Crippen LogP contribution is -2.47. The third kappa shape index (κ3) is 4.93. The number of carbonyl (C=O) groups is 1. The third-order valence-corrected chi connectivity index (χ3v) is 4.67. The Bertz CT molecular complexity index is 757. The Morgan fingerprint density at radius 1 is 1.11 bits per heavy atom. The summed E-state index contributed by atoms with van der Waals surface area (Å²) in [5.74, 6) is 0.890. The van der Waals surface area contributed by atoms with Crippen LogP contribution >= 0.6 is 0 Å². The second-order valence-electron chi connectivity index (χ2n) is 7.12. The monoisotopic (exact) mass is 371 g/mol. The molecule has 6 nitrogen and oxygen atoms in total. The Kier molecular flexibility index (Phi) is 6.21. The van der Waals surface area contributed by atoms with Crippen molar-refractivity contribution in [1.82, 2.24) is 15.3 Å². The quantitative estimate of drug-likeness (QED) is 0.846. The van der Waals surface area contributed by atoms with Crippen molar-refractivity contribution < 1.29 is 9.18 Å². The SMILES string of the molecule is CC(C)CCNC(=O)c1cnc(N2CCN(c3ccccc3F)CC2)cn1. The van der Waals surface area contributed by atoms with Crippen molar-refractivity contribution in [1.29, 1.82) is 0 Å². The maximum absolute atomic E-state index is 13.9. The molecule has 1 amide bonds. The molecular formula is C20H26FN5O. The number of nitrogens with one attached hydrogen (secondary N) is 1. The Balaban J connectivity index is 1.54. The number of hydrogen-bond acceptors (Lipinski definition) is 5. The number of halogens is 1. The highest BCUT2D eigenvalue weighted by molar-refractivity contribution is 5.91. The van der Waals surface area contributed by atoms with Gasteiger partial charge in [-0.1, -0.05) is 26.0 Å². The second-order valence-corrected chi connectivity index (χ2v) is 7.12. The van der Waals surface area contributed by atoms with Crippen LogP contribution in [0.1, 0.15) is 30.8 Å². The van der Waals surface area contributed by atoms with Gasteiger partial charge in [-0.05, 0) is 24.5 Å². The molecule has 1 saturated heterocycles. The lowest BCUT2D eigenvalue weighted by atomic mass is 10.1. The lowest BCUT2D eigenvalue weighted by Gasteiger charge is -2.36. The molecule has 2 heterocycles. The largest absolute Gasteiger partial charge is 0.366 e. The first-order chi connectivity index (χ1) is 13.0. The minimum absolute atomic E-state index is 0.195. The van der Waals surface area contributed by atoms with Crippen molar-refractivity contribution in [3.05, 3.63) is 48.2 Å². The highest BCUT2D eigenvalue weighted by Gasteiger charge is 2.20. The number of anilines is 2. The zero-order valence-electron chi connectivity index (χ0n) is 15.9. The van der Waals surface area contributed by atoms with Crippen LogP contribution in [0.15, 0.2) is 36.7 Å². The van der Waals surface area contributed by atoms with Crippen molar-refractivity contribution in [2.24, 2.45) is 5.92 Å². The zero-order chi connectivity index (χ0) is 19.2. The van der Waals surface area contributed by atoms with Crippen molar-refractivity contribution in [2.75, 3.05) is 42.5 Å². The summed E-state index contributed by atoms with van der Waals surface area (Å²) in [6.45, 7) is 7.74. The molecule has 0 spiro atoms. The molecule has 0 radical (unpaired) electrons. The Morgan fingerprint density at radius 2 is 1.81 bits per heavy atom. The Hall–Kier alpha value is -2.70. The Morgan fingerprint density at radius 3 is 2.44 bits per heavy atom. The lowest BCUT2D eigenvalue weighted by molar-refractivity contribution is 0.0946. The van der Waals surface area contributed by atoms with Gasteiger partial charge in [0.2, 0.25) is 0 Å². The molecule has 0 aliphatic carbocycles. The van der Waals surface area contributed by atoms with Gasteiger partial charge in [0.15, 0.2) is 0 Å². The van der Waals surface area contributed by atoms with Crippen LogP contribution in [-0.4, -0.2) is 48.6 Å². The molecule has 7 heteroatoms. The number of rotatable bonds is 6. The molecule has 27 heavy (non-hydrogen) atoms. The van der Waals surface area contributed by atoms with Crippen LogP contribution in [0.2, 0.25) is 0 Å². The van der Waals surface area contributed by atoms with Gasteiger partial charge < -0.3 is 15.1 Å². The van der Waals surface area contributed by atoms with Gasteiger partial charge in [0, 0.05) is 32.7 Å².